The molecular weight excluding hydrogens is 206 g/mol. The fourth-order valence-electron chi connectivity index (χ4n) is 1.78. The number of nitrogens with two attached hydrogens (primary N) is 1. The molecule has 0 amide bonds. The van der Waals surface area contributed by atoms with E-state index in [4.69, 9.17) is 15.2 Å². The van der Waals surface area contributed by atoms with Gasteiger partial charge in [-0.25, -0.2) is 0 Å². The van der Waals surface area contributed by atoms with Gasteiger partial charge in [0, 0.05) is 17.7 Å². The lowest BCUT2D eigenvalue weighted by atomic mass is 10.2. The molecule has 1 saturated carbocycles. The lowest BCUT2D eigenvalue weighted by Crippen LogP contribution is -2.10. The fourth-order valence-corrected chi connectivity index (χ4v) is 1.78. The van der Waals surface area contributed by atoms with Crippen LogP contribution < -0.4 is 15.2 Å². The van der Waals surface area contributed by atoms with Crippen molar-refractivity contribution < 1.29 is 14.6 Å². The van der Waals surface area contributed by atoms with E-state index in [1.165, 1.54) is 0 Å². The number of hydrogen-bond acceptors (Lipinski definition) is 4. The maximum Gasteiger partial charge on any atom is 0.162 e. The predicted molar refractivity (Wildman–Crippen MR) is 61.6 cm³/mol. The number of anilines is 1. The summed E-state index contributed by atoms with van der Waals surface area (Å²) in [5.74, 6) is 1.56. The second-order valence-electron chi connectivity index (χ2n) is 4.21. The van der Waals surface area contributed by atoms with E-state index >= 15 is 0 Å². The quantitative estimate of drug-likeness (QED) is 0.758. The first-order chi connectivity index (χ1) is 7.61. The molecule has 2 rings (SSSR count). The molecule has 0 aliphatic heterocycles. The highest BCUT2D eigenvalue weighted by Crippen LogP contribution is 2.40. The Kier molecular flexibility index (Phi) is 2.92. The van der Waals surface area contributed by atoms with Crippen LogP contribution in [-0.2, 0) is 0 Å². The first-order valence-electron chi connectivity index (χ1n) is 5.40. The van der Waals surface area contributed by atoms with E-state index in [1.807, 2.05) is 0 Å². The topological polar surface area (TPSA) is 64.7 Å². The van der Waals surface area contributed by atoms with Crippen molar-refractivity contribution in [3.8, 4) is 11.5 Å². The molecule has 0 saturated heterocycles. The Morgan fingerprint density at radius 1 is 1.44 bits per heavy atom. The van der Waals surface area contributed by atoms with Crippen LogP contribution in [0.25, 0.3) is 0 Å². The average Bonchev–Trinajstić information content (AvgIpc) is 3.00. The second kappa shape index (κ2) is 4.22. The number of ether oxygens (including phenoxy) is 2. The lowest BCUT2D eigenvalue weighted by molar-refractivity contribution is 0.144. The Labute approximate surface area is 95.0 Å². The first-order valence-corrected chi connectivity index (χ1v) is 5.40. The molecule has 16 heavy (non-hydrogen) atoms. The third kappa shape index (κ3) is 2.22. The molecule has 0 heterocycles. The number of aliphatic hydroxyl groups is 1. The molecule has 0 spiro atoms. The first kappa shape index (κ1) is 11.1. The van der Waals surface area contributed by atoms with Crippen LogP contribution in [0.1, 0.15) is 13.3 Å². The summed E-state index contributed by atoms with van der Waals surface area (Å²) in [4.78, 5) is 0. The number of hydrogen-bond donors (Lipinski definition) is 2. The van der Waals surface area contributed by atoms with Crippen LogP contribution in [0.4, 0.5) is 5.69 Å². The molecule has 4 nitrogen and oxygen atoms in total. The smallest absolute Gasteiger partial charge is 0.162 e. The summed E-state index contributed by atoms with van der Waals surface area (Å²) in [5, 5.41) is 9.38. The van der Waals surface area contributed by atoms with E-state index in [0.717, 1.165) is 6.42 Å². The predicted octanol–water partition coefficient (Wildman–Crippen LogP) is 1.43. The van der Waals surface area contributed by atoms with Gasteiger partial charge in [-0.1, -0.05) is 0 Å². The minimum Gasteiger partial charge on any atom is -0.493 e. The van der Waals surface area contributed by atoms with Gasteiger partial charge in [-0.3, -0.25) is 0 Å². The van der Waals surface area contributed by atoms with Gasteiger partial charge >= 0.3 is 0 Å². The van der Waals surface area contributed by atoms with E-state index in [1.54, 1.807) is 32.2 Å². The Bertz CT molecular complexity index is 379. The molecule has 1 aromatic rings. The van der Waals surface area contributed by atoms with Gasteiger partial charge in [0.25, 0.3) is 0 Å². The minimum atomic E-state index is -0.315. The number of methoxy groups -OCH3 is 1. The Balaban J connectivity index is 2.05. The van der Waals surface area contributed by atoms with Crippen molar-refractivity contribution in [2.24, 2.45) is 5.92 Å². The zero-order valence-electron chi connectivity index (χ0n) is 9.51. The summed E-state index contributed by atoms with van der Waals surface area (Å²) in [6, 6.07) is 5.30. The van der Waals surface area contributed by atoms with Crippen LogP contribution in [0.5, 0.6) is 11.5 Å². The van der Waals surface area contributed by atoms with Crippen molar-refractivity contribution in [1.29, 1.82) is 0 Å². The van der Waals surface area contributed by atoms with Crippen molar-refractivity contribution in [1.82, 2.24) is 0 Å². The number of nitrogen functional groups attached to an aromatic ring is 1. The summed E-state index contributed by atoms with van der Waals surface area (Å²) in [7, 11) is 1.58. The molecule has 1 aliphatic rings. The molecule has 1 aliphatic carbocycles. The van der Waals surface area contributed by atoms with Crippen LogP contribution in [0.15, 0.2) is 18.2 Å². The molecule has 4 heteroatoms. The maximum absolute atomic E-state index is 9.38. The van der Waals surface area contributed by atoms with Gasteiger partial charge in [0.2, 0.25) is 0 Å². The summed E-state index contributed by atoms with van der Waals surface area (Å²) in [6.45, 7) is 1.79. The monoisotopic (exact) mass is 223 g/mol. The molecule has 3 N–H and O–H groups in total. The second-order valence-corrected chi connectivity index (χ2v) is 4.21. The number of aliphatic hydroxyl groups excluding tert-OH is 1. The molecule has 3 atom stereocenters. The highest BCUT2D eigenvalue weighted by molar-refractivity contribution is 5.52. The summed E-state index contributed by atoms with van der Waals surface area (Å²) < 4.78 is 10.9. The zero-order chi connectivity index (χ0) is 11.7. The third-order valence-corrected chi connectivity index (χ3v) is 2.86. The molecule has 0 radical (unpaired) electrons. The molecule has 1 fully saturated rings. The molecule has 0 aromatic heterocycles. The van der Waals surface area contributed by atoms with Crippen molar-refractivity contribution in [3.05, 3.63) is 18.2 Å². The molecule has 2 unspecified atom stereocenters. The molecular formula is C12H17NO3. The molecule has 0 bridgehead atoms. The molecule has 88 valence electrons. The summed E-state index contributed by atoms with van der Waals surface area (Å²) in [6.07, 6.45) is 0.674. The van der Waals surface area contributed by atoms with Crippen molar-refractivity contribution in [2.45, 2.75) is 25.6 Å². The fraction of sp³-hybridized carbons (Fsp3) is 0.500. The van der Waals surface area contributed by atoms with Gasteiger partial charge in [-0.2, -0.15) is 0 Å². The molecule has 1 aromatic carbocycles. The van der Waals surface area contributed by atoms with Gasteiger partial charge in [0.05, 0.1) is 13.2 Å². The van der Waals surface area contributed by atoms with Crippen LogP contribution in [0.2, 0.25) is 0 Å². The van der Waals surface area contributed by atoms with Gasteiger partial charge < -0.3 is 20.3 Å². The third-order valence-electron chi connectivity index (χ3n) is 2.86. The van der Waals surface area contributed by atoms with Crippen LogP contribution >= 0.6 is 0 Å². The van der Waals surface area contributed by atoms with Crippen molar-refractivity contribution in [2.75, 3.05) is 12.8 Å². The van der Waals surface area contributed by atoms with Crippen LogP contribution in [0.3, 0.4) is 0 Å². The van der Waals surface area contributed by atoms with Gasteiger partial charge in [0.15, 0.2) is 11.5 Å². The van der Waals surface area contributed by atoms with E-state index in [9.17, 15) is 5.11 Å². The minimum absolute atomic E-state index is 0.0949. The SMILES string of the molecule is COc1cc(N)ccc1OC1CC1[C@@H](C)O. The van der Waals surface area contributed by atoms with Crippen LogP contribution in [0, 0.1) is 5.92 Å². The van der Waals surface area contributed by atoms with E-state index < -0.39 is 0 Å². The highest BCUT2D eigenvalue weighted by Gasteiger charge is 2.43. The van der Waals surface area contributed by atoms with E-state index in [0.29, 0.717) is 17.2 Å². The van der Waals surface area contributed by atoms with Crippen molar-refractivity contribution in [3.63, 3.8) is 0 Å². The summed E-state index contributed by atoms with van der Waals surface area (Å²) in [5.41, 5.74) is 6.29. The lowest BCUT2D eigenvalue weighted by Gasteiger charge is -2.11. The van der Waals surface area contributed by atoms with Crippen LogP contribution in [-0.4, -0.2) is 24.4 Å². The maximum atomic E-state index is 9.38. The van der Waals surface area contributed by atoms with Gasteiger partial charge in [-0.05, 0) is 25.5 Å². The Hall–Kier alpha value is -1.42. The number of benzene rings is 1. The standard InChI is InChI=1S/C12H17NO3/c1-7(14)9-6-11(9)16-10-4-3-8(13)5-12(10)15-2/h3-5,7,9,11,14H,6,13H2,1-2H3/t7-,9?,11?/m1/s1. The Morgan fingerprint density at radius 3 is 2.75 bits per heavy atom. The Morgan fingerprint density at radius 2 is 2.19 bits per heavy atom. The largest absolute Gasteiger partial charge is 0.493 e. The normalized spacial score (nSPS) is 24.9. The van der Waals surface area contributed by atoms with E-state index in [-0.39, 0.29) is 18.1 Å². The van der Waals surface area contributed by atoms with Gasteiger partial charge in [0.1, 0.15) is 6.10 Å². The van der Waals surface area contributed by atoms with Crippen molar-refractivity contribution >= 4 is 5.69 Å². The average molecular weight is 223 g/mol. The highest BCUT2D eigenvalue weighted by atomic mass is 16.5. The zero-order valence-corrected chi connectivity index (χ0v) is 9.51. The number of rotatable bonds is 4. The van der Waals surface area contributed by atoms with Gasteiger partial charge in [-0.15, -0.1) is 0 Å². The van der Waals surface area contributed by atoms with E-state index in [2.05, 4.69) is 0 Å². The summed E-state index contributed by atoms with van der Waals surface area (Å²) >= 11 is 0.